The largest absolute Gasteiger partial charge is 0.447 e. The Morgan fingerprint density at radius 1 is 1.06 bits per heavy atom. The van der Waals surface area contributed by atoms with Crippen LogP contribution in [-0.4, -0.2) is 26.8 Å². The van der Waals surface area contributed by atoms with Crippen LogP contribution in [-0.2, 0) is 4.79 Å². The van der Waals surface area contributed by atoms with Gasteiger partial charge in [0.05, 0.1) is 5.69 Å². The van der Waals surface area contributed by atoms with Gasteiger partial charge in [0.15, 0.2) is 5.69 Å². The van der Waals surface area contributed by atoms with Crippen LogP contribution in [0.4, 0.5) is 5.69 Å². The molecule has 0 bridgehead atoms. The number of hydrogen-bond donors (Lipinski definition) is 0. The number of aryl methyl sites for hydroxylation is 4. The molecular formula is C26H30N4O2S. The van der Waals surface area contributed by atoms with Gasteiger partial charge in [-0.2, -0.15) is 4.98 Å². The molecule has 1 amide bonds. The number of rotatable bonds is 5. The molecule has 0 aliphatic carbocycles. The van der Waals surface area contributed by atoms with E-state index < -0.39 is 6.23 Å². The first kappa shape index (κ1) is 23.2. The van der Waals surface area contributed by atoms with E-state index in [0.717, 1.165) is 52.1 Å². The monoisotopic (exact) mass is 462 g/mol. The molecule has 4 rings (SSSR count). The van der Waals surface area contributed by atoms with Gasteiger partial charge in [0, 0.05) is 23.8 Å². The molecule has 7 heteroatoms. The fraction of sp³-hybridized carbons (Fsp3) is 0.385. The Hall–Kier alpha value is -2.93. The molecule has 0 N–H and O–H groups in total. The smallest absolute Gasteiger partial charge is 0.247 e. The summed E-state index contributed by atoms with van der Waals surface area (Å²) in [7, 11) is 0. The molecule has 1 aliphatic rings. The van der Waals surface area contributed by atoms with Crippen LogP contribution in [0.3, 0.4) is 0 Å². The van der Waals surface area contributed by atoms with E-state index in [9.17, 15) is 4.79 Å². The molecule has 0 saturated carbocycles. The highest BCUT2D eigenvalue weighted by Gasteiger charge is 2.36. The Morgan fingerprint density at radius 2 is 1.85 bits per heavy atom. The van der Waals surface area contributed by atoms with Crippen LogP contribution in [0.2, 0.25) is 0 Å². The summed E-state index contributed by atoms with van der Waals surface area (Å²) >= 11 is 1.58. The molecule has 2 heterocycles. The lowest BCUT2D eigenvalue weighted by molar-refractivity contribution is -0.118. The maximum absolute atomic E-state index is 13.1. The Morgan fingerprint density at radius 3 is 2.55 bits per heavy atom. The molecule has 1 atom stereocenters. The minimum absolute atomic E-state index is 0.107. The van der Waals surface area contributed by atoms with Gasteiger partial charge in [-0.05, 0) is 56.9 Å². The van der Waals surface area contributed by atoms with Gasteiger partial charge in [-0.1, -0.05) is 54.9 Å². The highest BCUT2D eigenvalue weighted by molar-refractivity contribution is 7.99. The molecule has 172 valence electrons. The van der Waals surface area contributed by atoms with E-state index in [1.807, 2.05) is 26.0 Å². The quantitative estimate of drug-likeness (QED) is 0.337. The highest BCUT2D eigenvalue weighted by Crippen LogP contribution is 2.45. The van der Waals surface area contributed by atoms with E-state index in [2.05, 4.69) is 49.2 Å². The van der Waals surface area contributed by atoms with Crippen molar-refractivity contribution in [3.8, 4) is 17.1 Å². The number of anilines is 1. The highest BCUT2D eigenvalue weighted by atomic mass is 32.2. The van der Waals surface area contributed by atoms with Crippen LogP contribution in [0.5, 0.6) is 5.88 Å². The van der Waals surface area contributed by atoms with E-state index in [1.165, 1.54) is 5.56 Å². The maximum Gasteiger partial charge on any atom is 0.247 e. The second kappa shape index (κ2) is 9.51. The summed E-state index contributed by atoms with van der Waals surface area (Å²) in [6.45, 7) is 11.9. The summed E-state index contributed by atoms with van der Waals surface area (Å²) in [5.74, 6) is 1.22. The summed E-state index contributed by atoms with van der Waals surface area (Å²) in [6, 6.07) is 10.3. The van der Waals surface area contributed by atoms with E-state index >= 15 is 0 Å². The average molecular weight is 463 g/mol. The van der Waals surface area contributed by atoms with Gasteiger partial charge in [-0.15, -0.1) is 10.2 Å². The standard InChI is InChI=1S/C26H30N4O2S/c1-7-8-11-33-26-27-24-22(28-29-26)21-13-15(2)12-18(5)23(21)30(19(6)31)25(32-24)20-10-9-16(3)17(4)14-20/h9-10,12-14,25H,7-8,11H2,1-6H3/t25-/m0/s1. The summed E-state index contributed by atoms with van der Waals surface area (Å²) in [5.41, 5.74) is 7.45. The number of hydrogen-bond acceptors (Lipinski definition) is 6. The number of fused-ring (bicyclic) bond motifs is 3. The zero-order valence-corrected chi connectivity index (χ0v) is 20.9. The summed E-state index contributed by atoms with van der Waals surface area (Å²) < 4.78 is 6.51. The van der Waals surface area contributed by atoms with Gasteiger partial charge >= 0.3 is 0 Å². The molecule has 0 spiro atoms. The van der Waals surface area contributed by atoms with Crippen molar-refractivity contribution in [3.05, 3.63) is 58.1 Å². The number of carbonyl (C=O) groups excluding carboxylic acids is 1. The number of thioether (sulfide) groups is 1. The number of amides is 1. The van der Waals surface area contributed by atoms with Crippen LogP contribution in [0.25, 0.3) is 11.3 Å². The van der Waals surface area contributed by atoms with E-state index in [0.29, 0.717) is 16.7 Å². The second-order valence-electron chi connectivity index (χ2n) is 8.63. The zero-order chi connectivity index (χ0) is 23.7. The lowest BCUT2D eigenvalue weighted by atomic mass is 9.99. The maximum atomic E-state index is 13.1. The van der Waals surface area contributed by atoms with Gasteiger partial charge < -0.3 is 4.74 Å². The molecule has 0 radical (unpaired) electrons. The third-order valence-electron chi connectivity index (χ3n) is 5.92. The van der Waals surface area contributed by atoms with E-state index in [4.69, 9.17) is 9.72 Å². The number of unbranched alkanes of at least 4 members (excludes halogenated alkanes) is 1. The van der Waals surface area contributed by atoms with Gasteiger partial charge in [0.1, 0.15) is 0 Å². The minimum atomic E-state index is -0.659. The fourth-order valence-corrected chi connectivity index (χ4v) is 4.97. The Bertz CT molecular complexity index is 1210. The molecule has 1 aliphatic heterocycles. The van der Waals surface area contributed by atoms with Crippen LogP contribution < -0.4 is 9.64 Å². The van der Waals surface area contributed by atoms with Gasteiger partial charge in [-0.25, -0.2) is 0 Å². The molecule has 1 aromatic heterocycles. The van der Waals surface area contributed by atoms with Crippen molar-refractivity contribution in [2.45, 2.75) is 65.8 Å². The zero-order valence-electron chi connectivity index (χ0n) is 20.1. The first-order valence-corrected chi connectivity index (χ1v) is 12.3. The van der Waals surface area contributed by atoms with Crippen LogP contribution in [0.1, 0.15) is 60.7 Å². The van der Waals surface area contributed by atoms with Gasteiger partial charge in [0.2, 0.25) is 23.2 Å². The lowest BCUT2D eigenvalue weighted by Gasteiger charge is -2.31. The van der Waals surface area contributed by atoms with Gasteiger partial charge in [-0.3, -0.25) is 9.69 Å². The Balaban J connectivity index is 1.93. The first-order chi connectivity index (χ1) is 15.8. The number of nitrogens with zero attached hydrogens (tertiary/aromatic N) is 4. The third-order valence-corrected chi connectivity index (χ3v) is 6.84. The number of carbonyl (C=O) groups is 1. The number of aromatic nitrogens is 3. The lowest BCUT2D eigenvalue weighted by Crippen LogP contribution is -2.36. The van der Waals surface area contributed by atoms with Crippen molar-refractivity contribution >= 4 is 23.4 Å². The number of ether oxygens (including phenoxy) is 1. The normalized spacial score (nSPS) is 14.8. The topological polar surface area (TPSA) is 68.2 Å². The first-order valence-electron chi connectivity index (χ1n) is 11.3. The van der Waals surface area contributed by atoms with Crippen LogP contribution >= 0.6 is 11.8 Å². The summed E-state index contributed by atoms with van der Waals surface area (Å²) in [6.07, 6.45) is 1.53. The minimum Gasteiger partial charge on any atom is -0.447 e. The number of benzene rings is 2. The van der Waals surface area contributed by atoms with Gasteiger partial charge in [0.25, 0.3) is 0 Å². The SMILES string of the molecule is CCCCSc1nnc2c(n1)O[C@@H](c1ccc(C)c(C)c1)N(C(C)=O)c1c(C)cc(C)cc1-2. The molecule has 0 unspecified atom stereocenters. The van der Waals surface area contributed by atoms with Crippen molar-refractivity contribution in [1.29, 1.82) is 0 Å². The fourth-order valence-electron chi connectivity index (χ4n) is 4.11. The van der Waals surface area contributed by atoms with Crippen molar-refractivity contribution in [2.75, 3.05) is 10.7 Å². The predicted molar refractivity (Wildman–Crippen MR) is 133 cm³/mol. The molecule has 33 heavy (non-hydrogen) atoms. The second-order valence-corrected chi connectivity index (χ2v) is 9.69. The van der Waals surface area contributed by atoms with E-state index in [1.54, 1.807) is 23.6 Å². The summed E-state index contributed by atoms with van der Waals surface area (Å²) in [4.78, 5) is 19.5. The summed E-state index contributed by atoms with van der Waals surface area (Å²) in [5, 5.41) is 9.50. The van der Waals surface area contributed by atoms with Crippen molar-refractivity contribution in [3.63, 3.8) is 0 Å². The average Bonchev–Trinajstić information content (AvgIpc) is 2.90. The van der Waals surface area contributed by atoms with Crippen LogP contribution in [0.15, 0.2) is 35.5 Å². The molecule has 2 aromatic carbocycles. The van der Waals surface area contributed by atoms with E-state index in [-0.39, 0.29) is 5.91 Å². The molecule has 3 aromatic rings. The third kappa shape index (κ3) is 4.60. The molecule has 0 saturated heterocycles. The van der Waals surface area contributed by atoms with Crippen molar-refractivity contribution in [2.24, 2.45) is 0 Å². The Labute approximate surface area is 199 Å². The molecule has 0 fully saturated rings. The Kier molecular flexibility index (Phi) is 6.70. The van der Waals surface area contributed by atoms with Crippen molar-refractivity contribution in [1.82, 2.24) is 15.2 Å². The van der Waals surface area contributed by atoms with Crippen molar-refractivity contribution < 1.29 is 9.53 Å². The van der Waals surface area contributed by atoms with Crippen LogP contribution in [0, 0.1) is 27.7 Å². The predicted octanol–water partition coefficient (Wildman–Crippen LogP) is 6.11. The molecular weight excluding hydrogens is 432 g/mol. The molecule has 6 nitrogen and oxygen atoms in total.